The molecule has 0 bridgehead atoms. The Morgan fingerprint density at radius 2 is 1.72 bits per heavy atom. The summed E-state index contributed by atoms with van der Waals surface area (Å²) in [7, 11) is 0. The van der Waals surface area contributed by atoms with Gasteiger partial charge in [-0.3, -0.25) is 9.69 Å². The van der Waals surface area contributed by atoms with E-state index in [9.17, 15) is 4.79 Å². The summed E-state index contributed by atoms with van der Waals surface area (Å²) < 4.78 is 5.90. The Labute approximate surface area is 207 Å². The molecular formula is C24H23Cl3N2O2S. The first-order valence-corrected chi connectivity index (χ1v) is 12.3. The number of halogens is 3. The van der Waals surface area contributed by atoms with Crippen molar-refractivity contribution in [3.05, 3.63) is 84.5 Å². The van der Waals surface area contributed by atoms with Crippen molar-refractivity contribution in [2.24, 2.45) is 0 Å². The normalized spacial score (nSPS) is 14.6. The van der Waals surface area contributed by atoms with E-state index >= 15 is 0 Å². The third kappa shape index (κ3) is 5.77. The lowest BCUT2D eigenvalue weighted by Crippen LogP contribution is -2.48. The van der Waals surface area contributed by atoms with Crippen LogP contribution in [-0.2, 0) is 13.2 Å². The Balaban J connectivity index is 1.29. The van der Waals surface area contributed by atoms with Crippen LogP contribution < -0.4 is 4.74 Å². The van der Waals surface area contributed by atoms with Gasteiger partial charge in [-0.05, 0) is 59.8 Å². The minimum absolute atomic E-state index is 0.0769. The highest BCUT2D eigenvalue weighted by Gasteiger charge is 2.23. The molecule has 8 heteroatoms. The maximum Gasteiger partial charge on any atom is 0.264 e. The zero-order chi connectivity index (χ0) is 22.7. The molecule has 4 nitrogen and oxygen atoms in total. The molecule has 1 aliphatic heterocycles. The summed E-state index contributed by atoms with van der Waals surface area (Å²) in [6, 6.07) is 13.1. The van der Waals surface area contributed by atoms with E-state index in [0.717, 1.165) is 47.0 Å². The van der Waals surface area contributed by atoms with Crippen molar-refractivity contribution in [3.8, 4) is 5.75 Å². The first kappa shape index (κ1) is 23.4. The summed E-state index contributed by atoms with van der Waals surface area (Å²) in [4.78, 5) is 17.9. The molecule has 0 atom stereocenters. The van der Waals surface area contributed by atoms with Crippen molar-refractivity contribution in [1.82, 2.24) is 9.80 Å². The largest absolute Gasteiger partial charge is 0.489 e. The van der Waals surface area contributed by atoms with Crippen LogP contribution in [0.4, 0.5) is 0 Å². The number of hydrogen-bond acceptors (Lipinski definition) is 4. The smallest absolute Gasteiger partial charge is 0.264 e. The Kier molecular flexibility index (Phi) is 7.64. The van der Waals surface area contributed by atoms with Gasteiger partial charge >= 0.3 is 0 Å². The molecule has 1 aliphatic rings. The van der Waals surface area contributed by atoms with Crippen molar-refractivity contribution in [2.75, 3.05) is 26.2 Å². The van der Waals surface area contributed by atoms with E-state index in [-0.39, 0.29) is 5.91 Å². The number of hydrogen-bond donors (Lipinski definition) is 0. The van der Waals surface area contributed by atoms with E-state index in [1.807, 2.05) is 53.6 Å². The number of nitrogens with zero attached hydrogens (tertiary/aromatic N) is 2. The highest BCUT2D eigenvalue weighted by molar-refractivity contribution is 7.12. The number of piperazine rings is 1. The molecule has 1 amide bonds. The van der Waals surface area contributed by atoms with Crippen LogP contribution in [-0.4, -0.2) is 41.9 Å². The average Bonchev–Trinajstić information content (AvgIpc) is 3.24. The summed E-state index contributed by atoms with van der Waals surface area (Å²) >= 11 is 19.7. The van der Waals surface area contributed by atoms with E-state index in [2.05, 4.69) is 4.90 Å². The van der Waals surface area contributed by atoms with E-state index in [0.29, 0.717) is 34.8 Å². The highest BCUT2D eigenvalue weighted by atomic mass is 35.5. The first-order chi connectivity index (χ1) is 15.4. The van der Waals surface area contributed by atoms with Crippen molar-refractivity contribution >= 4 is 52.0 Å². The number of rotatable bonds is 6. The molecule has 1 aromatic heterocycles. The van der Waals surface area contributed by atoms with E-state index < -0.39 is 0 Å². The van der Waals surface area contributed by atoms with Gasteiger partial charge in [0.2, 0.25) is 0 Å². The van der Waals surface area contributed by atoms with Gasteiger partial charge in [-0.25, -0.2) is 0 Å². The van der Waals surface area contributed by atoms with Gasteiger partial charge in [-0.1, -0.05) is 40.9 Å². The van der Waals surface area contributed by atoms with Crippen molar-refractivity contribution in [3.63, 3.8) is 0 Å². The van der Waals surface area contributed by atoms with E-state index in [1.165, 1.54) is 11.3 Å². The predicted molar refractivity (Wildman–Crippen MR) is 132 cm³/mol. The van der Waals surface area contributed by atoms with Gasteiger partial charge in [0, 0.05) is 53.4 Å². The molecule has 0 radical (unpaired) electrons. The Morgan fingerprint density at radius 3 is 2.44 bits per heavy atom. The van der Waals surface area contributed by atoms with Crippen molar-refractivity contribution < 1.29 is 9.53 Å². The number of thiophene rings is 1. The van der Waals surface area contributed by atoms with E-state index in [1.54, 1.807) is 6.07 Å². The van der Waals surface area contributed by atoms with Gasteiger partial charge in [0.15, 0.2) is 0 Å². The summed E-state index contributed by atoms with van der Waals surface area (Å²) in [6.07, 6.45) is 0. The minimum atomic E-state index is 0.0769. The second kappa shape index (κ2) is 10.4. The second-order valence-corrected chi connectivity index (χ2v) is 10.0. The summed E-state index contributed by atoms with van der Waals surface area (Å²) in [5.74, 6) is 0.874. The number of ether oxygens (including phenoxy) is 1. The van der Waals surface area contributed by atoms with Crippen LogP contribution in [0.5, 0.6) is 5.75 Å². The van der Waals surface area contributed by atoms with Crippen LogP contribution in [0.3, 0.4) is 0 Å². The molecule has 168 valence electrons. The number of aryl methyl sites for hydroxylation is 1. The lowest BCUT2D eigenvalue weighted by atomic mass is 10.2. The van der Waals surface area contributed by atoms with Gasteiger partial charge in [0.25, 0.3) is 5.91 Å². The maximum atomic E-state index is 13.0. The molecule has 1 saturated heterocycles. The maximum absolute atomic E-state index is 13.0. The molecule has 0 N–H and O–H groups in total. The SMILES string of the molecule is Cc1cc(Cl)ccc1OCc1csc(C(=O)N2CCN(Cc3ccc(Cl)cc3Cl)CC2)c1. The fourth-order valence-corrected chi connectivity index (χ4v) is 5.21. The zero-order valence-electron chi connectivity index (χ0n) is 17.6. The van der Waals surface area contributed by atoms with Crippen molar-refractivity contribution in [2.45, 2.75) is 20.1 Å². The monoisotopic (exact) mass is 508 g/mol. The molecule has 0 aliphatic carbocycles. The molecular weight excluding hydrogens is 487 g/mol. The molecule has 0 saturated carbocycles. The number of amides is 1. The fourth-order valence-electron chi connectivity index (χ4n) is 3.66. The van der Waals surface area contributed by atoms with Crippen LogP contribution >= 0.6 is 46.1 Å². The van der Waals surface area contributed by atoms with Gasteiger partial charge in [0.05, 0.1) is 4.88 Å². The topological polar surface area (TPSA) is 32.8 Å². The summed E-state index contributed by atoms with van der Waals surface area (Å²) in [6.45, 7) is 6.13. The van der Waals surface area contributed by atoms with Gasteiger partial charge in [0.1, 0.15) is 12.4 Å². The Bertz CT molecular complexity index is 1110. The van der Waals surface area contributed by atoms with Crippen molar-refractivity contribution in [1.29, 1.82) is 0 Å². The summed E-state index contributed by atoms with van der Waals surface area (Å²) in [5, 5.41) is 3.99. The standard InChI is InChI=1S/C24H23Cl3N2O2S/c1-16-10-19(25)4-5-22(16)31-14-17-11-23(32-15-17)24(30)29-8-6-28(7-9-29)13-18-2-3-20(26)12-21(18)27/h2-5,10-12,15H,6-9,13-14H2,1H3. The molecule has 0 spiro atoms. The van der Waals surface area contributed by atoms with Crippen LogP contribution in [0, 0.1) is 6.92 Å². The van der Waals surface area contributed by atoms with Crippen LogP contribution in [0.2, 0.25) is 15.1 Å². The Hall–Kier alpha value is -1.76. The van der Waals surface area contributed by atoms with Gasteiger partial charge in [-0.15, -0.1) is 11.3 Å². The lowest BCUT2D eigenvalue weighted by molar-refractivity contribution is 0.0633. The first-order valence-electron chi connectivity index (χ1n) is 10.3. The zero-order valence-corrected chi connectivity index (χ0v) is 20.7. The number of carbonyl (C=O) groups excluding carboxylic acids is 1. The third-order valence-corrected chi connectivity index (χ3v) is 7.25. The molecule has 4 rings (SSSR count). The number of carbonyl (C=O) groups is 1. The van der Waals surface area contributed by atoms with Gasteiger partial charge < -0.3 is 9.64 Å². The third-order valence-electron chi connectivity index (χ3n) is 5.46. The molecule has 32 heavy (non-hydrogen) atoms. The van der Waals surface area contributed by atoms with Crippen LogP contribution in [0.15, 0.2) is 47.8 Å². The van der Waals surface area contributed by atoms with Gasteiger partial charge in [-0.2, -0.15) is 0 Å². The Morgan fingerprint density at radius 1 is 1.00 bits per heavy atom. The minimum Gasteiger partial charge on any atom is -0.489 e. The van der Waals surface area contributed by atoms with Crippen LogP contribution in [0.1, 0.15) is 26.4 Å². The summed E-state index contributed by atoms with van der Waals surface area (Å²) in [5.41, 5.74) is 3.03. The fraction of sp³-hybridized carbons (Fsp3) is 0.292. The van der Waals surface area contributed by atoms with E-state index in [4.69, 9.17) is 39.5 Å². The average molecular weight is 510 g/mol. The highest BCUT2D eigenvalue weighted by Crippen LogP contribution is 2.25. The molecule has 2 heterocycles. The molecule has 3 aromatic rings. The molecule has 1 fully saturated rings. The molecule has 0 unspecified atom stereocenters. The second-order valence-electron chi connectivity index (χ2n) is 7.82. The number of benzene rings is 2. The lowest BCUT2D eigenvalue weighted by Gasteiger charge is -2.34. The quantitative estimate of drug-likeness (QED) is 0.377. The van der Waals surface area contributed by atoms with Crippen LogP contribution in [0.25, 0.3) is 0 Å². The predicted octanol–water partition coefficient (Wildman–Crippen LogP) is 6.55. The molecule has 2 aromatic carbocycles.